The third kappa shape index (κ3) is 3.92. The predicted octanol–water partition coefficient (Wildman–Crippen LogP) is 2.74. The van der Waals surface area contributed by atoms with Crippen molar-refractivity contribution < 1.29 is 14.7 Å². The maximum absolute atomic E-state index is 12.4. The lowest BCUT2D eigenvalue weighted by molar-refractivity contribution is -0.140. The molecular formula is C16H19N3O3S. The Bertz CT molecular complexity index is 700. The van der Waals surface area contributed by atoms with Gasteiger partial charge >= 0.3 is 5.97 Å². The van der Waals surface area contributed by atoms with Gasteiger partial charge < -0.3 is 10.4 Å². The minimum atomic E-state index is -1.03. The lowest BCUT2D eigenvalue weighted by Crippen LogP contribution is -2.44. The number of nitrogens with one attached hydrogen (secondary N) is 1. The summed E-state index contributed by atoms with van der Waals surface area (Å²) in [4.78, 5) is 32.8. The quantitative estimate of drug-likeness (QED) is 0.848. The number of hydrogen-bond acceptors (Lipinski definition) is 5. The SMILES string of the molecule is CCC(C)C(NC(=O)c1sc(-c2ccccn2)nc1C)C(=O)O. The van der Waals surface area contributed by atoms with Gasteiger partial charge in [0.05, 0.1) is 11.4 Å². The fourth-order valence-electron chi connectivity index (χ4n) is 2.10. The maximum atomic E-state index is 12.4. The molecule has 2 rings (SSSR count). The number of rotatable bonds is 6. The Morgan fingerprint density at radius 1 is 1.39 bits per heavy atom. The fraction of sp³-hybridized carbons (Fsp3) is 0.375. The molecule has 0 saturated carbocycles. The molecule has 2 aromatic rings. The molecule has 0 spiro atoms. The Morgan fingerprint density at radius 2 is 2.13 bits per heavy atom. The summed E-state index contributed by atoms with van der Waals surface area (Å²) in [5.41, 5.74) is 1.26. The number of hydrogen-bond donors (Lipinski definition) is 2. The van der Waals surface area contributed by atoms with Crippen molar-refractivity contribution in [1.82, 2.24) is 15.3 Å². The first-order chi connectivity index (χ1) is 10.9. The van der Waals surface area contributed by atoms with E-state index in [2.05, 4.69) is 15.3 Å². The smallest absolute Gasteiger partial charge is 0.326 e. The minimum absolute atomic E-state index is 0.153. The van der Waals surface area contributed by atoms with Crippen LogP contribution in [0.25, 0.3) is 10.7 Å². The number of carboxylic acid groups (broad SMARTS) is 1. The molecule has 6 nitrogen and oxygen atoms in total. The van der Waals surface area contributed by atoms with Gasteiger partial charge in [0.25, 0.3) is 5.91 Å². The second-order valence-electron chi connectivity index (χ2n) is 5.32. The summed E-state index contributed by atoms with van der Waals surface area (Å²) in [5, 5.41) is 12.5. The van der Waals surface area contributed by atoms with Crippen LogP contribution in [0.1, 0.15) is 35.6 Å². The average Bonchev–Trinajstić information content (AvgIpc) is 2.94. The number of thiazole rings is 1. The minimum Gasteiger partial charge on any atom is -0.480 e. The first-order valence-corrected chi connectivity index (χ1v) is 8.18. The van der Waals surface area contributed by atoms with Crippen molar-refractivity contribution >= 4 is 23.2 Å². The van der Waals surface area contributed by atoms with Crippen molar-refractivity contribution in [3.05, 3.63) is 35.0 Å². The molecule has 2 aromatic heterocycles. The Hall–Kier alpha value is -2.28. The largest absolute Gasteiger partial charge is 0.480 e. The van der Waals surface area contributed by atoms with Gasteiger partial charge in [-0.25, -0.2) is 9.78 Å². The van der Waals surface area contributed by atoms with Crippen LogP contribution in [0.2, 0.25) is 0 Å². The first kappa shape index (κ1) is 17.1. The van der Waals surface area contributed by atoms with Gasteiger partial charge in [0.2, 0.25) is 0 Å². The van der Waals surface area contributed by atoms with E-state index in [4.69, 9.17) is 0 Å². The highest BCUT2D eigenvalue weighted by atomic mass is 32.1. The molecule has 0 radical (unpaired) electrons. The summed E-state index contributed by atoms with van der Waals surface area (Å²) >= 11 is 1.22. The van der Waals surface area contributed by atoms with Crippen LogP contribution in [0, 0.1) is 12.8 Å². The molecule has 0 bridgehead atoms. The number of carbonyl (C=O) groups excluding carboxylic acids is 1. The molecular weight excluding hydrogens is 314 g/mol. The summed E-state index contributed by atoms with van der Waals surface area (Å²) in [7, 11) is 0. The molecule has 0 aromatic carbocycles. The molecule has 23 heavy (non-hydrogen) atoms. The fourth-order valence-corrected chi connectivity index (χ4v) is 3.04. The highest BCUT2D eigenvalue weighted by Gasteiger charge is 2.27. The van der Waals surface area contributed by atoms with Crippen molar-refractivity contribution in [2.75, 3.05) is 0 Å². The van der Waals surface area contributed by atoms with Crippen molar-refractivity contribution in [3.63, 3.8) is 0 Å². The molecule has 1 amide bonds. The molecule has 2 unspecified atom stereocenters. The third-order valence-corrected chi connectivity index (χ3v) is 4.83. The normalized spacial score (nSPS) is 13.3. The van der Waals surface area contributed by atoms with Crippen LogP contribution in [0.4, 0.5) is 0 Å². The van der Waals surface area contributed by atoms with Crippen LogP contribution in [0.3, 0.4) is 0 Å². The summed E-state index contributed by atoms with van der Waals surface area (Å²) in [6.45, 7) is 5.43. The van der Waals surface area contributed by atoms with Crippen LogP contribution >= 0.6 is 11.3 Å². The van der Waals surface area contributed by atoms with E-state index in [0.717, 1.165) is 0 Å². The highest BCUT2D eigenvalue weighted by molar-refractivity contribution is 7.17. The lowest BCUT2D eigenvalue weighted by atomic mass is 9.99. The molecule has 0 aliphatic heterocycles. The van der Waals surface area contributed by atoms with E-state index in [0.29, 0.717) is 27.7 Å². The second-order valence-corrected chi connectivity index (χ2v) is 6.32. The number of aromatic nitrogens is 2. The zero-order valence-electron chi connectivity index (χ0n) is 13.2. The van der Waals surface area contributed by atoms with Gasteiger partial charge in [-0.2, -0.15) is 0 Å². The van der Waals surface area contributed by atoms with Crippen LogP contribution in [-0.2, 0) is 4.79 Å². The Labute approximate surface area is 138 Å². The summed E-state index contributed by atoms with van der Waals surface area (Å²) in [5.74, 6) is -1.59. The lowest BCUT2D eigenvalue weighted by Gasteiger charge is -2.19. The maximum Gasteiger partial charge on any atom is 0.326 e. The Morgan fingerprint density at radius 3 is 2.70 bits per heavy atom. The molecule has 2 N–H and O–H groups in total. The van der Waals surface area contributed by atoms with E-state index in [1.807, 2.05) is 19.1 Å². The molecule has 0 aliphatic rings. The van der Waals surface area contributed by atoms with Gasteiger partial charge in [-0.1, -0.05) is 26.3 Å². The van der Waals surface area contributed by atoms with Gasteiger partial charge in [-0.05, 0) is 25.0 Å². The number of carboxylic acids is 1. The first-order valence-electron chi connectivity index (χ1n) is 7.36. The van der Waals surface area contributed by atoms with E-state index < -0.39 is 17.9 Å². The number of nitrogens with zero attached hydrogens (tertiary/aromatic N) is 2. The van der Waals surface area contributed by atoms with Gasteiger partial charge in [0.1, 0.15) is 15.9 Å². The molecule has 0 aliphatic carbocycles. The standard InChI is InChI=1S/C16H19N3O3S/c1-4-9(2)12(16(21)22)19-14(20)13-10(3)18-15(23-13)11-7-5-6-8-17-11/h5-9,12H,4H2,1-3H3,(H,19,20)(H,21,22). The van der Waals surface area contributed by atoms with Crippen molar-refractivity contribution in [2.45, 2.75) is 33.2 Å². The second kappa shape index (κ2) is 7.32. The number of pyridine rings is 1. The number of amides is 1. The number of carbonyl (C=O) groups is 2. The van der Waals surface area contributed by atoms with E-state index in [-0.39, 0.29) is 5.92 Å². The van der Waals surface area contributed by atoms with Crippen LogP contribution in [-0.4, -0.2) is 33.0 Å². The molecule has 122 valence electrons. The van der Waals surface area contributed by atoms with Gasteiger partial charge in [0.15, 0.2) is 0 Å². The monoisotopic (exact) mass is 333 g/mol. The molecule has 2 atom stereocenters. The Balaban J connectivity index is 2.23. The zero-order valence-corrected chi connectivity index (χ0v) is 14.1. The predicted molar refractivity (Wildman–Crippen MR) is 88.4 cm³/mol. The van der Waals surface area contributed by atoms with Crippen LogP contribution < -0.4 is 5.32 Å². The molecule has 7 heteroatoms. The van der Waals surface area contributed by atoms with Gasteiger partial charge in [-0.3, -0.25) is 9.78 Å². The van der Waals surface area contributed by atoms with E-state index in [1.165, 1.54) is 11.3 Å². The van der Waals surface area contributed by atoms with Crippen molar-refractivity contribution in [2.24, 2.45) is 5.92 Å². The van der Waals surface area contributed by atoms with Crippen LogP contribution in [0.15, 0.2) is 24.4 Å². The summed E-state index contributed by atoms with van der Waals surface area (Å²) in [6, 6.07) is 4.56. The van der Waals surface area contributed by atoms with Crippen molar-refractivity contribution in [1.29, 1.82) is 0 Å². The summed E-state index contributed by atoms with van der Waals surface area (Å²) < 4.78 is 0. The number of aryl methyl sites for hydroxylation is 1. The summed E-state index contributed by atoms with van der Waals surface area (Å²) in [6.07, 6.45) is 2.33. The van der Waals surface area contributed by atoms with Gasteiger partial charge in [0, 0.05) is 6.20 Å². The average molecular weight is 333 g/mol. The van der Waals surface area contributed by atoms with Crippen molar-refractivity contribution in [3.8, 4) is 10.7 Å². The van der Waals surface area contributed by atoms with Crippen LogP contribution in [0.5, 0.6) is 0 Å². The van der Waals surface area contributed by atoms with Gasteiger partial charge in [-0.15, -0.1) is 11.3 Å². The van der Waals surface area contributed by atoms with E-state index >= 15 is 0 Å². The molecule has 0 fully saturated rings. The zero-order chi connectivity index (χ0) is 17.0. The molecule has 0 saturated heterocycles. The Kier molecular flexibility index (Phi) is 5.44. The topological polar surface area (TPSA) is 92.2 Å². The highest BCUT2D eigenvalue weighted by Crippen LogP contribution is 2.26. The molecule has 2 heterocycles. The number of aliphatic carboxylic acids is 1. The van der Waals surface area contributed by atoms with E-state index in [1.54, 1.807) is 26.1 Å². The third-order valence-electron chi connectivity index (χ3n) is 3.65. The van der Waals surface area contributed by atoms with E-state index in [9.17, 15) is 14.7 Å².